The molecular weight excluding hydrogens is 713 g/mol. The van der Waals surface area contributed by atoms with Gasteiger partial charge in [0.2, 0.25) is 0 Å². The predicted octanol–water partition coefficient (Wildman–Crippen LogP) is 11.3. The van der Waals surface area contributed by atoms with Gasteiger partial charge in [0.05, 0.1) is 11.0 Å². The minimum absolute atomic E-state index is 0.335. The molecule has 1 aliphatic carbocycles. The smallest absolute Gasteiger partial charge is 0.148 e. The van der Waals surface area contributed by atoms with Gasteiger partial charge in [0.15, 0.2) is 0 Å². The molecule has 2 aliphatic rings. The van der Waals surface area contributed by atoms with Crippen LogP contribution in [0.5, 0.6) is 0 Å². The third-order valence-corrected chi connectivity index (χ3v) is 18.5. The minimum Gasteiger partial charge on any atom is -0.292 e. The van der Waals surface area contributed by atoms with E-state index in [1.54, 1.807) is 0 Å². The first-order valence-corrected chi connectivity index (χ1v) is 22.7. The lowest BCUT2D eigenvalue weighted by Crippen LogP contribution is -2.67. The van der Waals surface area contributed by atoms with Gasteiger partial charge in [0.1, 0.15) is 13.9 Å². The quantitative estimate of drug-likeness (QED) is 0.163. The highest BCUT2D eigenvalue weighted by Gasteiger charge is 2.47. The lowest BCUT2D eigenvalue weighted by Gasteiger charge is -2.38. The average Bonchev–Trinajstić information content (AvgIpc) is 3.78. The zero-order valence-electron chi connectivity index (χ0n) is 31.3. The monoisotopic (exact) mass is 750 g/mol. The van der Waals surface area contributed by atoms with E-state index in [0.717, 1.165) is 28.1 Å². The van der Waals surface area contributed by atoms with E-state index >= 15 is 0 Å². The van der Waals surface area contributed by atoms with Crippen molar-refractivity contribution in [3.05, 3.63) is 211 Å². The van der Waals surface area contributed by atoms with Gasteiger partial charge in [-0.3, -0.25) is 4.57 Å². The average molecular weight is 751 g/mol. The summed E-state index contributed by atoms with van der Waals surface area (Å²) in [6.07, 6.45) is 0. The van der Waals surface area contributed by atoms with Crippen LogP contribution >= 0.6 is 11.8 Å². The molecule has 0 amide bonds. The summed E-state index contributed by atoms with van der Waals surface area (Å²) in [6.45, 7) is 5.00. The molecule has 2 atom stereocenters. The van der Waals surface area contributed by atoms with Gasteiger partial charge >= 0.3 is 0 Å². The summed E-state index contributed by atoms with van der Waals surface area (Å²) < 4.78 is 2.31. The van der Waals surface area contributed by atoms with E-state index in [2.05, 4.69) is 212 Å². The number of fused-ring (bicyclic) bond motifs is 7. The lowest BCUT2D eigenvalue weighted by atomic mass is 9.74. The summed E-state index contributed by atoms with van der Waals surface area (Å²) in [5.41, 5.74) is 13.1. The van der Waals surface area contributed by atoms with Crippen molar-refractivity contribution in [3.63, 3.8) is 0 Å². The van der Waals surface area contributed by atoms with Crippen LogP contribution in [0.3, 0.4) is 0 Å². The molecular formula is C52H38N2SSi. The van der Waals surface area contributed by atoms with Gasteiger partial charge in [0.25, 0.3) is 0 Å². The van der Waals surface area contributed by atoms with Gasteiger partial charge in [0, 0.05) is 32.0 Å². The number of imidazole rings is 1. The van der Waals surface area contributed by atoms with Crippen molar-refractivity contribution in [1.82, 2.24) is 9.55 Å². The van der Waals surface area contributed by atoms with Crippen molar-refractivity contribution in [1.29, 1.82) is 0 Å². The molecule has 0 bridgehead atoms. The van der Waals surface area contributed by atoms with Gasteiger partial charge in [-0.15, -0.1) is 0 Å². The number of nitrogens with zero attached hydrogens (tertiary/aromatic N) is 2. The number of hydrogen-bond donors (Lipinski definition) is 0. The van der Waals surface area contributed by atoms with Crippen LogP contribution < -0.4 is 15.6 Å². The Morgan fingerprint density at radius 3 is 2.05 bits per heavy atom. The molecule has 56 heavy (non-hydrogen) atoms. The molecule has 4 heteroatoms. The van der Waals surface area contributed by atoms with Crippen LogP contribution in [-0.2, 0) is 5.41 Å². The highest BCUT2D eigenvalue weighted by atomic mass is 32.2. The Bertz CT molecular complexity index is 2970. The molecule has 0 radical (unpaired) electrons. The van der Waals surface area contributed by atoms with E-state index in [4.69, 9.17) is 4.98 Å². The maximum absolute atomic E-state index is 5.13. The second kappa shape index (κ2) is 12.7. The van der Waals surface area contributed by atoms with Crippen LogP contribution in [0.1, 0.15) is 23.6 Å². The number of hydrogen-bond acceptors (Lipinski definition) is 2. The molecule has 0 fully saturated rings. The van der Waals surface area contributed by atoms with Crippen molar-refractivity contribution in [2.24, 2.45) is 0 Å². The fourth-order valence-electron chi connectivity index (χ4n) is 9.55. The van der Waals surface area contributed by atoms with Crippen LogP contribution in [0.4, 0.5) is 0 Å². The van der Waals surface area contributed by atoms with E-state index in [1.165, 1.54) is 64.3 Å². The van der Waals surface area contributed by atoms with E-state index in [1.807, 2.05) is 11.8 Å². The zero-order valence-corrected chi connectivity index (χ0v) is 33.1. The van der Waals surface area contributed by atoms with Crippen LogP contribution in [0, 0.1) is 0 Å². The fraction of sp³-hybridized carbons (Fsp3) is 0.0577. The Labute approximate surface area is 333 Å². The van der Waals surface area contributed by atoms with E-state index in [0.29, 0.717) is 0 Å². The second-order valence-corrected chi connectivity index (χ2v) is 20.3. The lowest BCUT2D eigenvalue weighted by molar-refractivity contribution is 0.713. The molecule has 11 rings (SSSR count). The van der Waals surface area contributed by atoms with Crippen molar-refractivity contribution < 1.29 is 0 Å². The molecule has 2 unspecified atom stereocenters. The van der Waals surface area contributed by atoms with Crippen molar-refractivity contribution in [3.8, 4) is 39.3 Å². The standard InChI is InChI=1S/C52H38N2SSi/c1-52(38-20-8-4-9-21-38)42-31-32-48-50(55-46-27-14-15-28-47(46)56(48,2)40-23-10-5-11-24-40)49(42)41-30-29-37(34-43(41)52)36-19-16-22-39(33-36)54-45-26-13-12-25-44(45)53-51(54)35-17-6-3-7-18-35/h3-34H,1-2H3. The molecule has 9 aromatic rings. The molecule has 0 saturated carbocycles. The topological polar surface area (TPSA) is 17.8 Å². The van der Waals surface area contributed by atoms with Crippen molar-refractivity contribution in [2.45, 2.75) is 28.7 Å². The van der Waals surface area contributed by atoms with E-state index < -0.39 is 8.07 Å². The third kappa shape index (κ3) is 4.79. The van der Waals surface area contributed by atoms with Crippen LogP contribution in [0.15, 0.2) is 204 Å². The van der Waals surface area contributed by atoms with Gasteiger partial charge in [-0.1, -0.05) is 176 Å². The summed E-state index contributed by atoms with van der Waals surface area (Å²) in [4.78, 5) is 7.94. The highest BCUT2D eigenvalue weighted by Crippen LogP contribution is 2.56. The van der Waals surface area contributed by atoms with Crippen molar-refractivity contribution in [2.75, 3.05) is 0 Å². The number of aromatic nitrogens is 2. The molecule has 2 heterocycles. The normalized spacial score (nSPS) is 17.9. The van der Waals surface area contributed by atoms with Gasteiger partial charge in [-0.2, -0.15) is 0 Å². The van der Waals surface area contributed by atoms with Crippen LogP contribution in [-0.4, -0.2) is 17.6 Å². The maximum atomic E-state index is 5.13. The van der Waals surface area contributed by atoms with Crippen molar-refractivity contribution >= 4 is 46.4 Å². The Kier molecular flexibility index (Phi) is 7.50. The first-order valence-electron chi connectivity index (χ1n) is 19.4. The second-order valence-electron chi connectivity index (χ2n) is 15.4. The molecule has 1 aliphatic heterocycles. The molecule has 2 nitrogen and oxygen atoms in total. The molecule has 8 aromatic carbocycles. The SMILES string of the molecule is CC1(c2ccccc2)c2cc(-c3cccc(-n4c(-c5ccccc5)nc5ccccc54)c3)ccc2-c2c1ccc1c2Sc2ccccc2[Si]1(C)c1ccccc1. The molecule has 266 valence electrons. The maximum Gasteiger partial charge on any atom is 0.148 e. The van der Waals surface area contributed by atoms with Gasteiger partial charge in [-0.05, 0) is 92.3 Å². The Balaban J connectivity index is 1.12. The Morgan fingerprint density at radius 1 is 0.554 bits per heavy atom. The number of rotatable bonds is 5. The minimum atomic E-state index is -2.32. The van der Waals surface area contributed by atoms with Crippen LogP contribution in [0.25, 0.3) is 50.4 Å². The Morgan fingerprint density at radius 2 is 1.23 bits per heavy atom. The largest absolute Gasteiger partial charge is 0.292 e. The predicted molar refractivity (Wildman–Crippen MR) is 237 cm³/mol. The van der Waals surface area contributed by atoms with Gasteiger partial charge in [-0.25, -0.2) is 4.98 Å². The summed E-state index contributed by atoms with van der Waals surface area (Å²) in [7, 11) is -2.32. The Hall–Kier alpha value is -6.20. The van der Waals surface area contributed by atoms with Gasteiger partial charge < -0.3 is 0 Å². The molecule has 0 N–H and O–H groups in total. The molecule has 0 saturated heterocycles. The first kappa shape index (κ1) is 33.2. The molecule has 0 spiro atoms. The summed E-state index contributed by atoms with van der Waals surface area (Å²) >= 11 is 1.97. The summed E-state index contributed by atoms with van der Waals surface area (Å²) in [6, 6.07) is 71.7. The van der Waals surface area contributed by atoms with E-state index in [-0.39, 0.29) is 5.41 Å². The van der Waals surface area contributed by atoms with Crippen LogP contribution in [0.2, 0.25) is 6.55 Å². The zero-order chi connectivity index (χ0) is 37.4. The number of para-hydroxylation sites is 2. The third-order valence-electron chi connectivity index (χ3n) is 12.4. The number of benzene rings is 8. The fourth-order valence-corrected chi connectivity index (χ4v) is 15.9. The summed E-state index contributed by atoms with van der Waals surface area (Å²) in [5, 5.41) is 4.46. The molecule has 1 aromatic heterocycles. The highest BCUT2D eigenvalue weighted by molar-refractivity contribution is 8.00. The summed E-state index contributed by atoms with van der Waals surface area (Å²) in [5.74, 6) is 0.944. The van der Waals surface area contributed by atoms with E-state index in [9.17, 15) is 0 Å². The first-order chi connectivity index (χ1) is 27.5.